The predicted molar refractivity (Wildman–Crippen MR) is 148 cm³/mol. The average Bonchev–Trinajstić information content (AvgIpc) is 3.46. The van der Waals surface area contributed by atoms with E-state index in [1.54, 1.807) is 4.57 Å². The summed E-state index contributed by atoms with van der Waals surface area (Å²) < 4.78 is 11.2. The summed E-state index contributed by atoms with van der Waals surface area (Å²) in [6.07, 6.45) is 5.98. The van der Waals surface area contributed by atoms with E-state index in [-0.39, 0.29) is 17.0 Å². The molecule has 6 heteroatoms. The number of nitrogens with zero attached hydrogens (tertiary/aromatic N) is 4. The zero-order valence-corrected chi connectivity index (χ0v) is 22.0. The summed E-state index contributed by atoms with van der Waals surface area (Å²) in [5.41, 5.74) is 7.93. The van der Waals surface area contributed by atoms with E-state index in [1.165, 1.54) is 11.1 Å². The summed E-state index contributed by atoms with van der Waals surface area (Å²) >= 11 is 0. The van der Waals surface area contributed by atoms with E-state index in [9.17, 15) is 4.79 Å². The lowest BCUT2D eigenvalue weighted by Gasteiger charge is -2.27. The second kappa shape index (κ2) is 8.60. The molecule has 3 aromatic heterocycles. The molecule has 5 aromatic rings. The van der Waals surface area contributed by atoms with Gasteiger partial charge in [-0.05, 0) is 42.7 Å². The number of aromatic nitrogens is 4. The molecule has 0 N–H and O–H groups in total. The van der Waals surface area contributed by atoms with Gasteiger partial charge >= 0.3 is 0 Å². The van der Waals surface area contributed by atoms with E-state index in [1.807, 2.05) is 36.3 Å². The van der Waals surface area contributed by atoms with Crippen LogP contribution in [0.25, 0.3) is 27.8 Å². The molecule has 0 bridgehead atoms. The fourth-order valence-electron chi connectivity index (χ4n) is 5.36. The fraction of sp³-hybridized carbons (Fsp3) is 0.290. The Labute approximate surface area is 216 Å². The third-order valence-electron chi connectivity index (χ3n) is 7.83. The minimum Gasteiger partial charge on any atom is -0.377 e. The van der Waals surface area contributed by atoms with Crippen LogP contribution in [0.15, 0.2) is 78.0 Å². The zero-order chi connectivity index (χ0) is 25.9. The molecule has 1 fully saturated rings. The van der Waals surface area contributed by atoms with Crippen LogP contribution in [0, 0.1) is 13.8 Å². The Kier molecular flexibility index (Phi) is 5.46. The third-order valence-corrected chi connectivity index (χ3v) is 7.83. The van der Waals surface area contributed by atoms with Crippen molar-refractivity contribution < 1.29 is 4.74 Å². The lowest BCUT2D eigenvalue weighted by molar-refractivity contribution is -0.0286. The molecular formula is C31H32N4O2. The topological polar surface area (TPSA) is 54.0 Å². The van der Waals surface area contributed by atoms with E-state index in [0.29, 0.717) is 18.7 Å². The van der Waals surface area contributed by atoms with E-state index in [4.69, 9.17) is 4.74 Å². The SMILES string of the molecule is Cc1ccc(C(C)(C)c2cn(C)c(=O)c3c2cc(-c2cnn(C4COC4)c2)n3-c2ccccc2C)cc1. The van der Waals surface area contributed by atoms with Gasteiger partial charge in [0.2, 0.25) is 0 Å². The van der Waals surface area contributed by atoms with Gasteiger partial charge in [-0.25, -0.2) is 0 Å². The van der Waals surface area contributed by atoms with Gasteiger partial charge in [0.25, 0.3) is 5.56 Å². The molecule has 0 aliphatic carbocycles. The van der Waals surface area contributed by atoms with Crippen LogP contribution in [-0.4, -0.2) is 32.1 Å². The van der Waals surface area contributed by atoms with Crippen LogP contribution >= 0.6 is 0 Å². The van der Waals surface area contributed by atoms with Gasteiger partial charge in [-0.2, -0.15) is 5.10 Å². The lowest BCUT2D eigenvalue weighted by atomic mass is 9.77. The maximum absolute atomic E-state index is 13.8. The molecule has 6 nitrogen and oxygen atoms in total. The molecule has 0 radical (unpaired) electrons. The molecule has 4 heterocycles. The number of pyridine rings is 1. The van der Waals surface area contributed by atoms with Crippen molar-refractivity contribution in [1.82, 2.24) is 18.9 Å². The van der Waals surface area contributed by atoms with Crippen LogP contribution < -0.4 is 5.56 Å². The van der Waals surface area contributed by atoms with Crippen LogP contribution in [0.4, 0.5) is 0 Å². The number of para-hydroxylation sites is 1. The Morgan fingerprint density at radius 1 is 1.00 bits per heavy atom. The molecule has 188 valence electrons. The van der Waals surface area contributed by atoms with Crippen molar-refractivity contribution in [1.29, 1.82) is 0 Å². The molecule has 1 aliphatic heterocycles. The molecular weight excluding hydrogens is 460 g/mol. The number of aryl methyl sites for hydroxylation is 3. The number of rotatable bonds is 5. The summed E-state index contributed by atoms with van der Waals surface area (Å²) in [5.74, 6) is 0. The van der Waals surface area contributed by atoms with Gasteiger partial charge < -0.3 is 13.9 Å². The first kappa shape index (κ1) is 23.5. The normalized spacial score (nSPS) is 14.3. The third kappa shape index (κ3) is 3.75. The molecule has 1 aliphatic rings. The van der Waals surface area contributed by atoms with Gasteiger partial charge in [0.15, 0.2) is 0 Å². The quantitative estimate of drug-likeness (QED) is 0.316. The maximum atomic E-state index is 13.8. The van der Waals surface area contributed by atoms with Gasteiger partial charge in [-0.3, -0.25) is 9.48 Å². The molecule has 0 amide bonds. The molecule has 0 spiro atoms. The first-order valence-electron chi connectivity index (χ1n) is 12.8. The van der Waals surface area contributed by atoms with Crippen LogP contribution in [0.3, 0.4) is 0 Å². The Bertz CT molecular complexity index is 1680. The van der Waals surface area contributed by atoms with E-state index < -0.39 is 0 Å². The number of hydrogen-bond acceptors (Lipinski definition) is 3. The molecule has 37 heavy (non-hydrogen) atoms. The Hall–Kier alpha value is -3.90. The van der Waals surface area contributed by atoms with E-state index >= 15 is 0 Å². The summed E-state index contributed by atoms with van der Waals surface area (Å²) in [4.78, 5) is 13.8. The van der Waals surface area contributed by atoms with Crippen LogP contribution in [0.1, 0.15) is 42.1 Å². The Morgan fingerprint density at radius 2 is 1.73 bits per heavy atom. The van der Waals surface area contributed by atoms with Gasteiger partial charge in [0.1, 0.15) is 5.52 Å². The van der Waals surface area contributed by atoms with Crippen molar-refractivity contribution in [2.24, 2.45) is 7.05 Å². The second-order valence-corrected chi connectivity index (χ2v) is 10.8. The fourth-order valence-corrected chi connectivity index (χ4v) is 5.36. The molecule has 0 unspecified atom stereocenters. The van der Waals surface area contributed by atoms with Crippen molar-refractivity contribution in [2.75, 3.05) is 13.2 Å². The highest BCUT2D eigenvalue weighted by Crippen LogP contribution is 2.39. The summed E-state index contributed by atoms with van der Waals surface area (Å²) in [7, 11) is 1.85. The Balaban J connectivity index is 1.67. The molecule has 1 saturated heterocycles. The summed E-state index contributed by atoms with van der Waals surface area (Å²) in [6, 6.07) is 19.3. The largest absolute Gasteiger partial charge is 0.377 e. The highest BCUT2D eigenvalue weighted by molar-refractivity contribution is 5.92. The number of hydrogen-bond donors (Lipinski definition) is 0. The van der Waals surface area contributed by atoms with Crippen LogP contribution in [-0.2, 0) is 17.2 Å². The highest BCUT2D eigenvalue weighted by Gasteiger charge is 2.30. The monoisotopic (exact) mass is 492 g/mol. The second-order valence-electron chi connectivity index (χ2n) is 10.8. The zero-order valence-electron chi connectivity index (χ0n) is 22.0. The molecule has 0 atom stereocenters. The molecule has 2 aromatic carbocycles. The minimum absolute atomic E-state index is 0.0206. The number of fused-ring (bicyclic) bond motifs is 1. The Morgan fingerprint density at radius 3 is 2.41 bits per heavy atom. The van der Waals surface area contributed by atoms with E-state index in [2.05, 4.69) is 86.0 Å². The van der Waals surface area contributed by atoms with Crippen molar-refractivity contribution in [3.05, 3.63) is 106 Å². The average molecular weight is 493 g/mol. The van der Waals surface area contributed by atoms with Crippen molar-refractivity contribution >= 4 is 10.9 Å². The van der Waals surface area contributed by atoms with Gasteiger partial charge in [0.05, 0.1) is 31.1 Å². The van der Waals surface area contributed by atoms with Crippen molar-refractivity contribution in [3.63, 3.8) is 0 Å². The van der Waals surface area contributed by atoms with Crippen LogP contribution in [0.5, 0.6) is 0 Å². The van der Waals surface area contributed by atoms with Crippen LogP contribution in [0.2, 0.25) is 0 Å². The summed E-state index contributed by atoms with van der Waals surface area (Å²) in [5, 5.41) is 5.61. The first-order chi connectivity index (χ1) is 17.8. The van der Waals surface area contributed by atoms with Crippen molar-refractivity contribution in [2.45, 2.75) is 39.2 Å². The summed E-state index contributed by atoms with van der Waals surface area (Å²) in [6.45, 7) is 10.0. The maximum Gasteiger partial charge on any atom is 0.275 e. The van der Waals surface area contributed by atoms with Gasteiger partial charge in [0, 0.05) is 41.5 Å². The standard InChI is InChI=1S/C31H32N4O2/c1-20-10-12-23(13-11-20)31(3,4)26-17-33(5)30(36)29-25(26)14-28(35(29)27-9-7-6-8-21(27)2)22-15-32-34(16-22)24-18-37-19-24/h6-17,24H,18-19H2,1-5H3. The lowest BCUT2D eigenvalue weighted by Crippen LogP contribution is -2.30. The molecule has 0 saturated carbocycles. The highest BCUT2D eigenvalue weighted by atomic mass is 16.5. The number of ether oxygens (including phenoxy) is 1. The van der Waals surface area contributed by atoms with Gasteiger partial charge in [-0.1, -0.05) is 61.9 Å². The number of benzene rings is 2. The predicted octanol–water partition coefficient (Wildman–Crippen LogP) is 5.71. The molecule has 6 rings (SSSR count). The minimum atomic E-state index is -0.319. The smallest absolute Gasteiger partial charge is 0.275 e. The van der Waals surface area contributed by atoms with Gasteiger partial charge in [-0.15, -0.1) is 0 Å². The van der Waals surface area contributed by atoms with E-state index in [0.717, 1.165) is 33.5 Å². The first-order valence-corrected chi connectivity index (χ1v) is 12.8. The van der Waals surface area contributed by atoms with Crippen molar-refractivity contribution in [3.8, 4) is 16.9 Å².